The largest absolute Gasteiger partial charge is 0.273 e. The highest BCUT2D eigenvalue weighted by atomic mass is 16.6. The Balaban J connectivity index is 2.50. The SMILES string of the molecule is CCc1ccc(C2(C)CC2)c([N+](=O)[O-])c1. The van der Waals surface area contributed by atoms with Crippen molar-refractivity contribution in [2.24, 2.45) is 0 Å². The second-order valence-electron chi connectivity index (χ2n) is 4.52. The number of hydrogen-bond acceptors (Lipinski definition) is 2. The third-order valence-corrected chi connectivity index (χ3v) is 3.32. The van der Waals surface area contributed by atoms with Crippen LogP contribution >= 0.6 is 0 Å². The van der Waals surface area contributed by atoms with Crippen molar-refractivity contribution in [2.45, 2.75) is 38.5 Å². The molecule has 1 aliphatic carbocycles. The predicted molar refractivity (Wildman–Crippen MR) is 59.1 cm³/mol. The van der Waals surface area contributed by atoms with Crippen molar-refractivity contribution in [2.75, 3.05) is 0 Å². The molecule has 0 N–H and O–H groups in total. The molecule has 3 nitrogen and oxygen atoms in total. The molecule has 15 heavy (non-hydrogen) atoms. The molecule has 3 heteroatoms. The van der Waals surface area contributed by atoms with Crippen LogP contribution in [0.3, 0.4) is 0 Å². The summed E-state index contributed by atoms with van der Waals surface area (Å²) < 4.78 is 0. The fourth-order valence-corrected chi connectivity index (χ4v) is 1.92. The average Bonchev–Trinajstić information content (AvgIpc) is 2.96. The van der Waals surface area contributed by atoms with E-state index in [9.17, 15) is 10.1 Å². The first-order chi connectivity index (χ1) is 7.07. The lowest BCUT2D eigenvalue weighted by molar-refractivity contribution is -0.385. The van der Waals surface area contributed by atoms with Crippen LogP contribution in [0.2, 0.25) is 0 Å². The molecular formula is C12H15NO2. The van der Waals surface area contributed by atoms with Gasteiger partial charge >= 0.3 is 0 Å². The highest BCUT2D eigenvalue weighted by Gasteiger charge is 2.43. The van der Waals surface area contributed by atoms with Gasteiger partial charge in [-0.15, -0.1) is 0 Å². The maximum Gasteiger partial charge on any atom is 0.273 e. The van der Waals surface area contributed by atoms with E-state index < -0.39 is 0 Å². The van der Waals surface area contributed by atoms with Gasteiger partial charge in [-0.3, -0.25) is 10.1 Å². The van der Waals surface area contributed by atoms with E-state index in [2.05, 4.69) is 6.92 Å². The molecule has 1 aromatic rings. The summed E-state index contributed by atoms with van der Waals surface area (Å²) >= 11 is 0. The molecule has 0 aliphatic heterocycles. The Bertz CT molecular complexity index is 408. The summed E-state index contributed by atoms with van der Waals surface area (Å²) in [4.78, 5) is 10.7. The van der Waals surface area contributed by atoms with Gasteiger partial charge in [0.15, 0.2) is 0 Å². The lowest BCUT2D eigenvalue weighted by Crippen LogP contribution is -2.05. The van der Waals surface area contributed by atoms with E-state index in [0.29, 0.717) is 5.69 Å². The van der Waals surface area contributed by atoms with E-state index in [4.69, 9.17) is 0 Å². The number of nitro groups is 1. The van der Waals surface area contributed by atoms with Gasteiger partial charge in [-0.05, 0) is 30.2 Å². The van der Waals surface area contributed by atoms with Crippen LogP contribution in [0, 0.1) is 10.1 Å². The number of hydrogen-bond donors (Lipinski definition) is 0. The van der Waals surface area contributed by atoms with Gasteiger partial charge in [-0.1, -0.05) is 26.0 Å². The van der Waals surface area contributed by atoms with Crippen molar-refractivity contribution in [3.63, 3.8) is 0 Å². The molecule has 0 radical (unpaired) electrons. The minimum absolute atomic E-state index is 0.0642. The minimum Gasteiger partial charge on any atom is -0.258 e. The maximum atomic E-state index is 11.0. The Labute approximate surface area is 89.3 Å². The molecule has 80 valence electrons. The van der Waals surface area contributed by atoms with Gasteiger partial charge in [0.1, 0.15) is 0 Å². The van der Waals surface area contributed by atoms with Crippen LogP contribution < -0.4 is 0 Å². The molecule has 0 heterocycles. The molecule has 1 saturated carbocycles. The smallest absolute Gasteiger partial charge is 0.258 e. The molecular weight excluding hydrogens is 190 g/mol. The van der Waals surface area contributed by atoms with Gasteiger partial charge in [-0.25, -0.2) is 0 Å². The number of nitrogens with zero attached hydrogens (tertiary/aromatic N) is 1. The second-order valence-corrected chi connectivity index (χ2v) is 4.52. The fraction of sp³-hybridized carbons (Fsp3) is 0.500. The van der Waals surface area contributed by atoms with Crippen LogP contribution in [0.15, 0.2) is 18.2 Å². The van der Waals surface area contributed by atoms with Crippen molar-refractivity contribution in [3.05, 3.63) is 39.4 Å². The Morgan fingerprint density at radius 3 is 2.60 bits per heavy atom. The van der Waals surface area contributed by atoms with Crippen molar-refractivity contribution < 1.29 is 4.92 Å². The predicted octanol–water partition coefficient (Wildman–Crippen LogP) is 3.21. The number of rotatable bonds is 3. The fourth-order valence-electron chi connectivity index (χ4n) is 1.92. The lowest BCUT2D eigenvalue weighted by atomic mass is 9.94. The molecule has 0 saturated heterocycles. The topological polar surface area (TPSA) is 43.1 Å². The van der Waals surface area contributed by atoms with Crippen LogP contribution in [0.4, 0.5) is 5.69 Å². The van der Waals surface area contributed by atoms with Crippen molar-refractivity contribution >= 4 is 5.69 Å². The highest BCUT2D eigenvalue weighted by molar-refractivity contribution is 5.49. The number of nitro benzene ring substituents is 1. The summed E-state index contributed by atoms with van der Waals surface area (Å²) in [5.41, 5.74) is 2.31. The van der Waals surface area contributed by atoms with Crippen LogP contribution in [-0.2, 0) is 11.8 Å². The quantitative estimate of drug-likeness (QED) is 0.561. The summed E-state index contributed by atoms with van der Waals surface area (Å²) in [6.45, 7) is 4.11. The Kier molecular flexibility index (Phi) is 2.25. The van der Waals surface area contributed by atoms with Gasteiger partial charge in [0, 0.05) is 11.6 Å². The molecule has 2 rings (SSSR count). The average molecular weight is 205 g/mol. The summed E-state index contributed by atoms with van der Waals surface area (Å²) in [5, 5.41) is 11.0. The summed E-state index contributed by atoms with van der Waals surface area (Å²) in [7, 11) is 0. The third kappa shape index (κ3) is 1.74. The van der Waals surface area contributed by atoms with Crippen LogP contribution in [0.5, 0.6) is 0 Å². The molecule has 1 aliphatic rings. The van der Waals surface area contributed by atoms with Crippen LogP contribution in [0.1, 0.15) is 37.8 Å². The summed E-state index contributed by atoms with van der Waals surface area (Å²) in [6.07, 6.45) is 2.98. The zero-order valence-electron chi connectivity index (χ0n) is 9.12. The van der Waals surface area contributed by atoms with Gasteiger partial charge < -0.3 is 0 Å². The Hall–Kier alpha value is -1.38. The van der Waals surface area contributed by atoms with Crippen LogP contribution in [-0.4, -0.2) is 4.92 Å². The standard InChI is InChI=1S/C12H15NO2/c1-3-9-4-5-10(12(2)6-7-12)11(8-9)13(14)15/h4-5,8H,3,6-7H2,1-2H3. The van der Waals surface area contributed by atoms with Gasteiger partial charge in [0.2, 0.25) is 0 Å². The zero-order valence-corrected chi connectivity index (χ0v) is 9.12. The molecule has 1 fully saturated rings. The van der Waals surface area contributed by atoms with E-state index in [0.717, 1.165) is 30.4 Å². The maximum absolute atomic E-state index is 11.0. The van der Waals surface area contributed by atoms with E-state index in [1.54, 1.807) is 6.07 Å². The Morgan fingerprint density at radius 1 is 1.47 bits per heavy atom. The Morgan fingerprint density at radius 2 is 2.13 bits per heavy atom. The molecule has 0 unspecified atom stereocenters. The summed E-state index contributed by atoms with van der Waals surface area (Å²) in [5.74, 6) is 0. The lowest BCUT2D eigenvalue weighted by Gasteiger charge is -2.10. The summed E-state index contributed by atoms with van der Waals surface area (Å²) in [6, 6.07) is 5.66. The molecule has 0 atom stereocenters. The molecule has 0 amide bonds. The number of benzene rings is 1. The van der Waals surface area contributed by atoms with Crippen molar-refractivity contribution in [1.82, 2.24) is 0 Å². The first kappa shape index (κ1) is 10.1. The van der Waals surface area contributed by atoms with Crippen LogP contribution in [0.25, 0.3) is 0 Å². The monoisotopic (exact) mass is 205 g/mol. The van der Waals surface area contributed by atoms with Gasteiger partial charge in [0.25, 0.3) is 5.69 Å². The first-order valence-electron chi connectivity index (χ1n) is 5.34. The van der Waals surface area contributed by atoms with Gasteiger partial charge in [-0.2, -0.15) is 0 Å². The first-order valence-corrected chi connectivity index (χ1v) is 5.34. The minimum atomic E-state index is -0.252. The second kappa shape index (κ2) is 3.33. The number of aryl methyl sites for hydroxylation is 1. The molecule has 0 aromatic heterocycles. The van der Waals surface area contributed by atoms with E-state index in [1.807, 2.05) is 19.1 Å². The van der Waals surface area contributed by atoms with Gasteiger partial charge in [0.05, 0.1) is 4.92 Å². The van der Waals surface area contributed by atoms with Crippen molar-refractivity contribution in [3.8, 4) is 0 Å². The molecule has 0 spiro atoms. The van der Waals surface area contributed by atoms with E-state index >= 15 is 0 Å². The molecule has 1 aromatic carbocycles. The molecule has 0 bridgehead atoms. The van der Waals surface area contributed by atoms with Crippen molar-refractivity contribution in [1.29, 1.82) is 0 Å². The van der Waals surface area contributed by atoms with E-state index in [1.165, 1.54) is 0 Å². The van der Waals surface area contributed by atoms with E-state index in [-0.39, 0.29) is 10.3 Å². The highest BCUT2D eigenvalue weighted by Crippen LogP contribution is 2.50. The third-order valence-electron chi connectivity index (χ3n) is 3.32. The zero-order chi connectivity index (χ0) is 11.1. The normalized spacial score (nSPS) is 17.5.